The minimum absolute atomic E-state index is 0.0409. The van der Waals surface area contributed by atoms with Gasteiger partial charge >= 0.3 is 0 Å². The van der Waals surface area contributed by atoms with E-state index < -0.39 is 5.92 Å². The quantitative estimate of drug-likeness (QED) is 0.375. The monoisotopic (exact) mass is 333 g/mol. The first-order valence-corrected chi connectivity index (χ1v) is 7.12. The van der Waals surface area contributed by atoms with Gasteiger partial charge in [-0.3, -0.25) is 4.79 Å². The van der Waals surface area contributed by atoms with Crippen LogP contribution < -0.4 is 5.73 Å². The van der Waals surface area contributed by atoms with E-state index in [4.69, 9.17) is 10.9 Å². The van der Waals surface area contributed by atoms with Crippen molar-refractivity contribution in [1.29, 1.82) is 0 Å². The lowest BCUT2D eigenvalue weighted by Crippen LogP contribution is -2.39. The van der Waals surface area contributed by atoms with Crippen molar-refractivity contribution < 1.29 is 10.0 Å². The molecule has 7 heteroatoms. The third kappa shape index (κ3) is 3.71. The van der Waals surface area contributed by atoms with Gasteiger partial charge in [-0.2, -0.15) is 0 Å². The van der Waals surface area contributed by atoms with E-state index in [0.29, 0.717) is 13.0 Å². The number of amidine groups is 1. The second-order valence-corrected chi connectivity index (χ2v) is 6.23. The lowest BCUT2D eigenvalue weighted by molar-refractivity contribution is -0.132. The smallest absolute Gasteiger partial charge is 0.233 e. The Morgan fingerprint density at radius 1 is 1.72 bits per heavy atom. The number of amides is 1. The van der Waals surface area contributed by atoms with Gasteiger partial charge in [-0.05, 0) is 39.4 Å². The Labute approximate surface area is 118 Å². The number of halogens is 1. The summed E-state index contributed by atoms with van der Waals surface area (Å²) in [5, 5.41) is 13.5. The fourth-order valence-corrected chi connectivity index (χ4v) is 2.83. The first-order chi connectivity index (χ1) is 8.49. The Balaban J connectivity index is 2.71. The van der Waals surface area contributed by atoms with Gasteiger partial charge in [0, 0.05) is 13.6 Å². The van der Waals surface area contributed by atoms with E-state index in [-0.39, 0.29) is 11.7 Å². The van der Waals surface area contributed by atoms with Crippen LogP contribution in [0, 0.1) is 5.92 Å². The Kier molecular flexibility index (Phi) is 5.61. The minimum atomic E-state index is -0.568. The highest BCUT2D eigenvalue weighted by atomic mass is 79.9. The van der Waals surface area contributed by atoms with Crippen LogP contribution in [0.15, 0.2) is 20.4 Å². The molecule has 1 rings (SSSR count). The number of nitrogens with two attached hydrogens (primary N) is 1. The van der Waals surface area contributed by atoms with Crippen molar-refractivity contribution in [3.63, 3.8) is 0 Å². The van der Waals surface area contributed by atoms with Gasteiger partial charge in [-0.1, -0.05) is 12.1 Å². The number of carbonyl (C=O) groups excluding carboxylic acids is 1. The van der Waals surface area contributed by atoms with Crippen molar-refractivity contribution in [2.24, 2.45) is 16.8 Å². The zero-order chi connectivity index (χ0) is 13.7. The number of nitrogens with zero attached hydrogens (tertiary/aromatic N) is 2. The van der Waals surface area contributed by atoms with Crippen molar-refractivity contribution in [1.82, 2.24) is 4.90 Å². The summed E-state index contributed by atoms with van der Waals surface area (Å²) in [6, 6.07) is 1.97. The molecule has 18 heavy (non-hydrogen) atoms. The second kappa shape index (κ2) is 6.75. The summed E-state index contributed by atoms with van der Waals surface area (Å²) in [5.74, 6) is -0.752. The molecule has 0 aliphatic carbocycles. The Bertz CT molecular complexity index is 447. The summed E-state index contributed by atoms with van der Waals surface area (Å²) in [4.78, 5) is 13.7. The van der Waals surface area contributed by atoms with Crippen LogP contribution in [0.25, 0.3) is 0 Å². The molecule has 3 N–H and O–H groups in total. The van der Waals surface area contributed by atoms with Crippen LogP contribution in [0.5, 0.6) is 0 Å². The molecule has 0 saturated heterocycles. The normalized spacial score (nSPS) is 13.4. The third-order valence-corrected chi connectivity index (χ3v) is 4.15. The second-order valence-electron chi connectivity index (χ2n) is 3.94. The van der Waals surface area contributed by atoms with Crippen molar-refractivity contribution in [2.75, 3.05) is 7.05 Å². The third-order valence-electron chi connectivity index (χ3n) is 2.60. The zero-order valence-electron chi connectivity index (χ0n) is 10.3. The number of hydrogen-bond acceptors (Lipinski definition) is 4. The molecule has 0 saturated carbocycles. The molecule has 0 spiro atoms. The van der Waals surface area contributed by atoms with E-state index in [0.717, 1.165) is 9.35 Å². The Morgan fingerprint density at radius 3 is 2.83 bits per heavy atom. The van der Waals surface area contributed by atoms with Crippen LogP contribution in [-0.2, 0) is 11.3 Å². The molecule has 1 unspecified atom stereocenters. The first kappa shape index (κ1) is 15.0. The van der Waals surface area contributed by atoms with E-state index in [9.17, 15) is 4.79 Å². The standard InChI is InChI=1S/C11H16BrN3O2S/c1-3-8(10(13)14-17)11(16)15(2)5-7-4-9(12)18-6-7/h4,6,8,17H,3,5H2,1-2H3,(H2,13,14). The van der Waals surface area contributed by atoms with Crippen LogP contribution in [-0.4, -0.2) is 28.9 Å². The van der Waals surface area contributed by atoms with Gasteiger partial charge in [-0.15, -0.1) is 11.3 Å². The SMILES string of the molecule is CCC(C(=O)N(C)Cc1csc(Br)c1)C(N)=NO. The Morgan fingerprint density at radius 2 is 2.39 bits per heavy atom. The van der Waals surface area contributed by atoms with Crippen molar-refractivity contribution in [2.45, 2.75) is 19.9 Å². The van der Waals surface area contributed by atoms with E-state index in [1.165, 1.54) is 0 Å². The largest absolute Gasteiger partial charge is 0.409 e. The lowest BCUT2D eigenvalue weighted by Gasteiger charge is -2.21. The van der Waals surface area contributed by atoms with Gasteiger partial charge in [0.05, 0.1) is 9.70 Å². The van der Waals surface area contributed by atoms with Gasteiger partial charge in [0.25, 0.3) is 0 Å². The minimum Gasteiger partial charge on any atom is -0.409 e. The van der Waals surface area contributed by atoms with Crippen molar-refractivity contribution in [3.05, 3.63) is 20.8 Å². The fraction of sp³-hybridized carbons (Fsp3) is 0.455. The predicted molar refractivity (Wildman–Crippen MR) is 75.7 cm³/mol. The highest BCUT2D eigenvalue weighted by Gasteiger charge is 2.24. The number of oxime groups is 1. The molecule has 0 bridgehead atoms. The summed E-state index contributed by atoms with van der Waals surface area (Å²) in [6.45, 7) is 2.34. The van der Waals surface area contributed by atoms with Crippen LogP contribution >= 0.6 is 27.3 Å². The highest BCUT2D eigenvalue weighted by Crippen LogP contribution is 2.22. The highest BCUT2D eigenvalue weighted by molar-refractivity contribution is 9.11. The molecule has 0 aliphatic heterocycles. The molecular formula is C11H16BrN3O2S. The average Bonchev–Trinajstić information content (AvgIpc) is 2.75. The summed E-state index contributed by atoms with van der Waals surface area (Å²) in [5.41, 5.74) is 6.56. The zero-order valence-corrected chi connectivity index (χ0v) is 12.7. The average molecular weight is 334 g/mol. The molecule has 1 amide bonds. The van der Waals surface area contributed by atoms with Crippen LogP contribution in [0.2, 0.25) is 0 Å². The molecular weight excluding hydrogens is 318 g/mol. The van der Waals surface area contributed by atoms with Crippen LogP contribution in [0.1, 0.15) is 18.9 Å². The molecule has 0 fully saturated rings. The molecule has 1 aromatic rings. The van der Waals surface area contributed by atoms with Crippen LogP contribution in [0.3, 0.4) is 0 Å². The predicted octanol–water partition coefficient (Wildman–Crippen LogP) is 2.24. The number of rotatable bonds is 5. The Hall–Kier alpha value is -1.08. The number of hydrogen-bond donors (Lipinski definition) is 2. The summed E-state index contributed by atoms with van der Waals surface area (Å²) < 4.78 is 1.03. The molecule has 1 atom stereocenters. The molecule has 0 aliphatic rings. The van der Waals surface area contributed by atoms with E-state index in [1.807, 2.05) is 18.4 Å². The van der Waals surface area contributed by atoms with E-state index in [1.54, 1.807) is 23.3 Å². The topological polar surface area (TPSA) is 78.9 Å². The van der Waals surface area contributed by atoms with Gasteiger partial charge in [-0.25, -0.2) is 0 Å². The molecule has 0 aromatic carbocycles. The number of carbonyl (C=O) groups is 1. The van der Waals surface area contributed by atoms with Crippen molar-refractivity contribution in [3.8, 4) is 0 Å². The summed E-state index contributed by atoms with van der Waals surface area (Å²) >= 11 is 4.95. The maximum atomic E-state index is 12.1. The number of thiophene rings is 1. The fourth-order valence-electron chi connectivity index (χ4n) is 1.63. The molecule has 1 aromatic heterocycles. The van der Waals surface area contributed by atoms with Gasteiger partial charge < -0.3 is 15.8 Å². The van der Waals surface area contributed by atoms with Gasteiger partial charge in [0.1, 0.15) is 0 Å². The van der Waals surface area contributed by atoms with E-state index >= 15 is 0 Å². The summed E-state index contributed by atoms with van der Waals surface area (Å²) in [6.07, 6.45) is 0.506. The van der Waals surface area contributed by atoms with Gasteiger partial charge in [0.2, 0.25) is 5.91 Å². The van der Waals surface area contributed by atoms with Crippen molar-refractivity contribution >= 4 is 39.0 Å². The molecule has 0 radical (unpaired) electrons. The molecule has 100 valence electrons. The molecule has 1 heterocycles. The van der Waals surface area contributed by atoms with Crippen LogP contribution in [0.4, 0.5) is 0 Å². The summed E-state index contributed by atoms with van der Waals surface area (Å²) in [7, 11) is 1.71. The maximum absolute atomic E-state index is 12.1. The first-order valence-electron chi connectivity index (χ1n) is 5.44. The molecule has 5 nitrogen and oxygen atoms in total. The van der Waals surface area contributed by atoms with E-state index in [2.05, 4.69) is 21.1 Å². The van der Waals surface area contributed by atoms with Gasteiger partial charge in [0.15, 0.2) is 5.84 Å². The lowest BCUT2D eigenvalue weighted by atomic mass is 10.0. The maximum Gasteiger partial charge on any atom is 0.233 e.